The highest BCUT2D eigenvalue weighted by Gasteiger charge is 2.11. The summed E-state index contributed by atoms with van der Waals surface area (Å²) < 4.78 is 12.9. The Hall–Kier alpha value is -4.07. The molecule has 2 aromatic carbocycles. The number of hydrogen-bond acceptors (Lipinski definition) is 4. The first-order valence-corrected chi connectivity index (χ1v) is 8.20. The van der Waals surface area contributed by atoms with Crippen LogP contribution in [0, 0.1) is 5.82 Å². The zero-order chi connectivity index (χ0) is 19.9. The van der Waals surface area contributed by atoms with Crippen molar-refractivity contribution >= 4 is 23.4 Å². The molecule has 7 nitrogen and oxygen atoms in total. The lowest BCUT2D eigenvalue weighted by molar-refractivity contribution is 0.0846. The summed E-state index contributed by atoms with van der Waals surface area (Å²) in [5.74, 6) is -1.96. The van der Waals surface area contributed by atoms with Gasteiger partial charge in [-0.3, -0.25) is 30.2 Å². The van der Waals surface area contributed by atoms with E-state index in [0.717, 1.165) is 0 Å². The third-order valence-corrected chi connectivity index (χ3v) is 3.70. The van der Waals surface area contributed by atoms with Crippen LogP contribution in [0.15, 0.2) is 73.1 Å². The molecule has 8 heteroatoms. The van der Waals surface area contributed by atoms with Crippen LogP contribution < -0.4 is 16.2 Å². The Balaban J connectivity index is 1.62. The number of carbonyl (C=O) groups excluding carboxylic acids is 3. The summed E-state index contributed by atoms with van der Waals surface area (Å²) in [6.07, 6.45) is 2.90. The average molecular weight is 378 g/mol. The normalized spacial score (nSPS) is 10.0. The van der Waals surface area contributed by atoms with Crippen LogP contribution in [0.4, 0.5) is 10.1 Å². The van der Waals surface area contributed by atoms with Crippen molar-refractivity contribution < 1.29 is 18.8 Å². The van der Waals surface area contributed by atoms with Crippen molar-refractivity contribution in [2.75, 3.05) is 5.32 Å². The van der Waals surface area contributed by atoms with Crippen molar-refractivity contribution in [2.45, 2.75) is 0 Å². The molecule has 1 aromatic heterocycles. The van der Waals surface area contributed by atoms with Gasteiger partial charge >= 0.3 is 0 Å². The van der Waals surface area contributed by atoms with Crippen LogP contribution in [-0.4, -0.2) is 22.7 Å². The van der Waals surface area contributed by atoms with Gasteiger partial charge in [-0.05, 0) is 54.6 Å². The second kappa shape index (κ2) is 8.54. The first kappa shape index (κ1) is 18.7. The zero-order valence-corrected chi connectivity index (χ0v) is 14.5. The molecule has 0 atom stereocenters. The molecule has 0 aliphatic carbocycles. The molecule has 3 amide bonds. The maximum absolute atomic E-state index is 12.9. The van der Waals surface area contributed by atoms with Gasteiger partial charge in [0.15, 0.2) is 0 Å². The Labute approximate surface area is 159 Å². The number of amides is 3. The van der Waals surface area contributed by atoms with Gasteiger partial charge < -0.3 is 5.32 Å². The second-order valence-electron chi connectivity index (χ2n) is 5.69. The van der Waals surface area contributed by atoms with Gasteiger partial charge in [-0.15, -0.1) is 0 Å². The summed E-state index contributed by atoms with van der Waals surface area (Å²) in [4.78, 5) is 40.2. The van der Waals surface area contributed by atoms with Crippen LogP contribution in [0.25, 0.3) is 0 Å². The number of hydrazine groups is 1. The molecule has 140 valence electrons. The standard InChI is InChI=1S/C20H15FN4O3/c21-16-8-6-13(7-9-16)18(26)23-17-5-1-3-14(11-17)19(27)24-25-20(28)15-4-2-10-22-12-15/h1-12H,(H,23,26)(H,24,27)(H,25,28). The minimum atomic E-state index is -0.560. The number of halogens is 1. The number of nitrogens with one attached hydrogen (secondary N) is 3. The maximum Gasteiger partial charge on any atom is 0.271 e. The predicted octanol–water partition coefficient (Wildman–Crippen LogP) is 2.55. The largest absolute Gasteiger partial charge is 0.322 e. The molecule has 28 heavy (non-hydrogen) atoms. The smallest absolute Gasteiger partial charge is 0.271 e. The van der Waals surface area contributed by atoms with Gasteiger partial charge in [0.1, 0.15) is 5.82 Å². The van der Waals surface area contributed by atoms with Crippen molar-refractivity contribution in [3.8, 4) is 0 Å². The van der Waals surface area contributed by atoms with Gasteiger partial charge in [0.25, 0.3) is 17.7 Å². The Morgan fingerprint density at radius 1 is 0.750 bits per heavy atom. The van der Waals surface area contributed by atoms with E-state index < -0.39 is 23.5 Å². The first-order chi connectivity index (χ1) is 13.5. The Bertz CT molecular complexity index is 1010. The Morgan fingerprint density at radius 2 is 1.43 bits per heavy atom. The van der Waals surface area contributed by atoms with Gasteiger partial charge in [0.05, 0.1) is 5.56 Å². The fourth-order valence-corrected chi connectivity index (χ4v) is 2.30. The predicted molar refractivity (Wildman–Crippen MR) is 100.0 cm³/mol. The van der Waals surface area contributed by atoms with E-state index in [4.69, 9.17) is 0 Å². The minimum absolute atomic E-state index is 0.225. The lowest BCUT2D eigenvalue weighted by Gasteiger charge is -2.09. The lowest BCUT2D eigenvalue weighted by atomic mass is 10.1. The summed E-state index contributed by atoms with van der Waals surface area (Å²) in [6.45, 7) is 0. The van der Waals surface area contributed by atoms with Crippen molar-refractivity contribution in [3.05, 3.63) is 95.6 Å². The van der Waals surface area contributed by atoms with E-state index in [1.165, 1.54) is 48.8 Å². The van der Waals surface area contributed by atoms with Gasteiger partial charge in [-0.1, -0.05) is 6.07 Å². The van der Waals surface area contributed by atoms with E-state index in [-0.39, 0.29) is 11.1 Å². The van der Waals surface area contributed by atoms with Crippen molar-refractivity contribution in [1.82, 2.24) is 15.8 Å². The van der Waals surface area contributed by atoms with Crippen molar-refractivity contribution in [3.63, 3.8) is 0 Å². The molecule has 0 radical (unpaired) electrons. The summed E-state index contributed by atoms with van der Waals surface area (Å²) in [5.41, 5.74) is 5.76. The van der Waals surface area contributed by atoms with Gasteiger partial charge in [-0.25, -0.2) is 4.39 Å². The third-order valence-electron chi connectivity index (χ3n) is 3.70. The van der Waals surface area contributed by atoms with Crippen LogP contribution in [0.2, 0.25) is 0 Å². The quantitative estimate of drug-likeness (QED) is 0.608. The summed E-state index contributed by atoms with van der Waals surface area (Å²) >= 11 is 0. The van der Waals surface area contributed by atoms with Crippen LogP contribution in [0.5, 0.6) is 0 Å². The highest BCUT2D eigenvalue weighted by atomic mass is 19.1. The van der Waals surface area contributed by atoms with Crippen LogP contribution >= 0.6 is 0 Å². The van der Waals surface area contributed by atoms with Crippen molar-refractivity contribution in [1.29, 1.82) is 0 Å². The van der Waals surface area contributed by atoms with Gasteiger partial charge in [-0.2, -0.15) is 0 Å². The summed E-state index contributed by atoms with van der Waals surface area (Å²) in [6, 6.07) is 14.4. The van der Waals surface area contributed by atoms with E-state index in [2.05, 4.69) is 21.2 Å². The molecule has 0 saturated heterocycles. The second-order valence-corrected chi connectivity index (χ2v) is 5.69. The molecule has 0 aliphatic rings. The molecule has 0 bridgehead atoms. The number of pyridine rings is 1. The fraction of sp³-hybridized carbons (Fsp3) is 0. The van der Waals surface area contributed by atoms with Crippen LogP contribution in [0.3, 0.4) is 0 Å². The van der Waals surface area contributed by atoms with Gasteiger partial charge in [0, 0.05) is 29.2 Å². The molecular weight excluding hydrogens is 363 g/mol. The number of benzene rings is 2. The third kappa shape index (κ3) is 4.76. The number of carbonyl (C=O) groups is 3. The van der Waals surface area contributed by atoms with Gasteiger partial charge in [0.2, 0.25) is 0 Å². The Kier molecular flexibility index (Phi) is 5.71. The minimum Gasteiger partial charge on any atom is -0.322 e. The number of nitrogens with zero attached hydrogens (tertiary/aromatic N) is 1. The molecule has 3 aromatic rings. The number of aromatic nitrogens is 1. The topological polar surface area (TPSA) is 100 Å². The van der Waals surface area contributed by atoms with Crippen LogP contribution in [0.1, 0.15) is 31.1 Å². The number of rotatable bonds is 4. The van der Waals surface area contributed by atoms with E-state index >= 15 is 0 Å². The molecule has 0 unspecified atom stereocenters. The maximum atomic E-state index is 12.9. The summed E-state index contributed by atoms with van der Waals surface area (Å²) in [5, 5.41) is 2.63. The molecule has 0 fully saturated rings. The van der Waals surface area contributed by atoms with E-state index in [1.807, 2.05) is 0 Å². The highest BCUT2D eigenvalue weighted by molar-refractivity contribution is 6.05. The van der Waals surface area contributed by atoms with E-state index in [0.29, 0.717) is 11.3 Å². The lowest BCUT2D eigenvalue weighted by Crippen LogP contribution is -2.41. The molecular formula is C20H15FN4O3. The zero-order valence-electron chi connectivity index (χ0n) is 14.5. The van der Waals surface area contributed by atoms with Crippen molar-refractivity contribution in [2.24, 2.45) is 0 Å². The number of anilines is 1. The monoisotopic (exact) mass is 378 g/mol. The van der Waals surface area contributed by atoms with E-state index in [9.17, 15) is 18.8 Å². The van der Waals surface area contributed by atoms with Crippen LogP contribution in [-0.2, 0) is 0 Å². The molecule has 0 saturated carbocycles. The van der Waals surface area contributed by atoms with E-state index in [1.54, 1.807) is 24.3 Å². The summed E-state index contributed by atoms with van der Waals surface area (Å²) in [7, 11) is 0. The molecule has 3 rings (SSSR count). The number of hydrogen-bond donors (Lipinski definition) is 3. The molecule has 1 heterocycles. The SMILES string of the molecule is O=C(NNC(=O)c1cccc(NC(=O)c2ccc(F)cc2)c1)c1cccnc1. The Morgan fingerprint density at radius 3 is 2.11 bits per heavy atom. The first-order valence-electron chi connectivity index (χ1n) is 8.20. The fourth-order valence-electron chi connectivity index (χ4n) is 2.30. The highest BCUT2D eigenvalue weighted by Crippen LogP contribution is 2.13. The molecule has 0 aliphatic heterocycles. The molecule has 3 N–H and O–H groups in total. The molecule has 0 spiro atoms. The average Bonchev–Trinajstić information content (AvgIpc) is 2.73.